The first-order valence-corrected chi connectivity index (χ1v) is 6.61. The fourth-order valence-electron chi connectivity index (χ4n) is 1.87. The number of rotatable bonds is 8. The van der Waals surface area contributed by atoms with Gasteiger partial charge in [0.25, 0.3) is 0 Å². The molecule has 0 aliphatic carbocycles. The molecular formula is C15H23NO3. The van der Waals surface area contributed by atoms with E-state index in [2.05, 4.69) is 13.8 Å². The van der Waals surface area contributed by atoms with Crippen molar-refractivity contribution in [2.45, 2.75) is 20.8 Å². The Hall–Kier alpha value is -1.55. The minimum absolute atomic E-state index is 0.0649. The van der Waals surface area contributed by atoms with Gasteiger partial charge in [0.05, 0.1) is 6.54 Å². The standard InChI is InChI=1S/C15H23NO3/c1-12(2)10-16(11-15(17)18)8-9-19-14-6-4-13(3)5-7-14/h4-7,12H,8-11H2,1-3H3,(H,17,18). The van der Waals surface area contributed by atoms with E-state index in [0.29, 0.717) is 19.1 Å². The molecule has 4 nitrogen and oxygen atoms in total. The van der Waals surface area contributed by atoms with Crippen LogP contribution in [-0.4, -0.2) is 42.2 Å². The van der Waals surface area contributed by atoms with E-state index < -0.39 is 5.97 Å². The maximum absolute atomic E-state index is 10.8. The molecule has 0 aliphatic heterocycles. The van der Waals surface area contributed by atoms with Gasteiger partial charge in [-0.05, 0) is 25.0 Å². The lowest BCUT2D eigenvalue weighted by molar-refractivity contribution is -0.138. The van der Waals surface area contributed by atoms with Crippen LogP contribution in [0, 0.1) is 12.8 Å². The quantitative estimate of drug-likeness (QED) is 0.784. The van der Waals surface area contributed by atoms with Crippen LogP contribution in [0.4, 0.5) is 0 Å². The van der Waals surface area contributed by atoms with E-state index in [-0.39, 0.29) is 6.54 Å². The van der Waals surface area contributed by atoms with Gasteiger partial charge in [0.15, 0.2) is 0 Å². The molecule has 0 radical (unpaired) electrons. The van der Waals surface area contributed by atoms with Crippen molar-refractivity contribution in [3.8, 4) is 5.75 Å². The molecule has 0 bridgehead atoms. The Morgan fingerprint density at radius 3 is 2.47 bits per heavy atom. The molecule has 0 amide bonds. The van der Waals surface area contributed by atoms with Crippen molar-refractivity contribution < 1.29 is 14.6 Å². The molecule has 1 aromatic carbocycles. The summed E-state index contributed by atoms with van der Waals surface area (Å²) in [6.07, 6.45) is 0. The summed E-state index contributed by atoms with van der Waals surface area (Å²) < 4.78 is 5.62. The fourth-order valence-corrected chi connectivity index (χ4v) is 1.87. The smallest absolute Gasteiger partial charge is 0.317 e. The molecule has 1 aromatic rings. The minimum atomic E-state index is -0.795. The highest BCUT2D eigenvalue weighted by Crippen LogP contribution is 2.11. The van der Waals surface area contributed by atoms with Crippen molar-refractivity contribution in [1.29, 1.82) is 0 Å². The second kappa shape index (κ2) is 7.79. The highest BCUT2D eigenvalue weighted by molar-refractivity contribution is 5.69. The zero-order valence-electron chi connectivity index (χ0n) is 11.9. The molecule has 0 aromatic heterocycles. The Kier molecular flexibility index (Phi) is 6.36. The number of ether oxygens (including phenoxy) is 1. The monoisotopic (exact) mass is 265 g/mol. The predicted molar refractivity (Wildman–Crippen MR) is 75.6 cm³/mol. The molecule has 106 valence electrons. The molecule has 0 unspecified atom stereocenters. The van der Waals surface area contributed by atoms with E-state index in [0.717, 1.165) is 12.3 Å². The van der Waals surface area contributed by atoms with Crippen LogP contribution in [-0.2, 0) is 4.79 Å². The molecule has 4 heteroatoms. The van der Waals surface area contributed by atoms with Crippen molar-refractivity contribution >= 4 is 5.97 Å². The number of hydrogen-bond donors (Lipinski definition) is 1. The third kappa shape index (κ3) is 6.82. The van der Waals surface area contributed by atoms with Crippen LogP contribution in [0.5, 0.6) is 5.75 Å². The van der Waals surface area contributed by atoms with Crippen LogP contribution in [0.1, 0.15) is 19.4 Å². The lowest BCUT2D eigenvalue weighted by atomic mass is 10.2. The van der Waals surface area contributed by atoms with Gasteiger partial charge < -0.3 is 9.84 Å². The van der Waals surface area contributed by atoms with E-state index >= 15 is 0 Å². The topological polar surface area (TPSA) is 49.8 Å². The van der Waals surface area contributed by atoms with Crippen molar-refractivity contribution in [3.63, 3.8) is 0 Å². The summed E-state index contributed by atoms with van der Waals surface area (Å²) in [6, 6.07) is 7.86. The molecule has 0 saturated heterocycles. The van der Waals surface area contributed by atoms with E-state index in [1.54, 1.807) is 0 Å². The Morgan fingerprint density at radius 2 is 1.95 bits per heavy atom. The average Bonchev–Trinajstić information content (AvgIpc) is 2.30. The van der Waals surface area contributed by atoms with E-state index in [1.165, 1.54) is 5.56 Å². The zero-order valence-corrected chi connectivity index (χ0v) is 11.9. The number of benzene rings is 1. The van der Waals surface area contributed by atoms with E-state index in [9.17, 15) is 4.79 Å². The van der Waals surface area contributed by atoms with Gasteiger partial charge in [-0.25, -0.2) is 0 Å². The van der Waals surface area contributed by atoms with E-state index in [1.807, 2.05) is 36.1 Å². The molecule has 1 N–H and O–H groups in total. The largest absolute Gasteiger partial charge is 0.492 e. The third-order valence-corrected chi connectivity index (χ3v) is 2.68. The Balaban J connectivity index is 2.38. The fraction of sp³-hybridized carbons (Fsp3) is 0.533. The van der Waals surface area contributed by atoms with Gasteiger partial charge >= 0.3 is 5.97 Å². The van der Waals surface area contributed by atoms with Gasteiger partial charge in [-0.1, -0.05) is 31.5 Å². The van der Waals surface area contributed by atoms with Crippen molar-refractivity contribution in [2.75, 3.05) is 26.2 Å². The summed E-state index contributed by atoms with van der Waals surface area (Å²) in [7, 11) is 0. The molecular weight excluding hydrogens is 242 g/mol. The highest BCUT2D eigenvalue weighted by Gasteiger charge is 2.11. The van der Waals surface area contributed by atoms with Crippen LogP contribution >= 0.6 is 0 Å². The van der Waals surface area contributed by atoms with Crippen molar-refractivity contribution in [1.82, 2.24) is 4.90 Å². The van der Waals surface area contributed by atoms with Gasteiger partial charge in [-0.3, -0.25) is 9.69 Å². The van der Waals surface area contributed by atoms with Crippen molar-refractivity contribution in [3.05, 3.63) is 29.8 Å². The molecule has 0 heterocycles. The van der Waals surface area contributed by atoms with Crippen LogP contribution in [0.15, 0.2) is 24.3 Å². The van der Waals surface area contributed by atoms with Crippen molar-refractivity contribution in [2.24, 2.45) is 5.92 Å². The maximum atomic E-state index is 10.8. The number of carboxylic acids is 1. The van der Waals surface area contributed by atoms with Crippen LogP contribution in [0.2, 0.25) is 0 Å². The first-order chi connectivity index (χ1) is 8.97. The Morgan fingerprint density at radius 1 is 1.32 bits per heavy atom. The summed E-state index contributed by atoms with van der Waals surface area (Å²) in [6.45, 7) is 8.15. The second-order valence-electron chi connectivity index (χ2n) is 5.18. The lowest BCUT2D eigenvalue weighted by Gasteiger charge is -2.22. The number of carboxylic acid groups (broad SMARTS) is 1. The number of nitrogens with zero attached hydrogens (tertiary/aromatic N) is 1. The van der Waals surface area contributed by atoms with Crippen LogP contribution < -0.4 is 4.74 Å². The van der Waals surface area contributed by atoms with Gasteiger partial charge in [-0.15, -0.1) is 0 Å². The normalized spacial score (nSPS) is 11.0. The van der Waals surface area contributed by atoms with Gasteiger partial charge in [-0.2, -0.15) is 0 Å². The summed E-state index contributed by atoms with van der Waals surface area (Å²) >= 11 is 0. The number of aryl methyl sites for hydroxylation is 1. The first-order valence-electron chi connectivity index (χ1n) is 6.61. The molecule has 0 saturated carbocycles. The minimum Gasteiger partial charge on any atom is -0.492 e. The Bertz CT molecular complexity index is 387. The van der Waals surface area contributed by atoms with Gasteiger partial charge in [0, 0.05) is 13.1 Å². The molecule has 0 fully saturated rings. The zero-order chi connectivity index (χ0) is 14.3. The molecule has 19 heavy (non-hydrogen) atoms. The lowest BCUT2D eigenvalue weighted by Crippen LogP contribution is -2.36. The molecule has 0 aliphatic rings. The third-order valence-electron chi connectivity index (χ3n) is 2.68. The predicted octanol–water partition coefficient (Wildman–Crippen LogP) is 2.42. The van der Waals surface area contributed by atoms with Crippen LogP contribution in [0.3, 0.4) is 0 Å². The molecule has 0 atom stereocenters. The SMILES string of the molecule is Cc1ccc(OCCN(CC(=O)O)CC(C)C)cc1. The second-order valence-corrected chi connectivity index (χ2v) is 5.18. The number of aliphatic carboxylic acids is 1. The molecule has 0 spiro atoms. The summed E-state index contributed by atoms with van der Waals surface area (Å²) in [4.78, 5) is 12.7. The Labute approximate surface area is 115 Å². The van der Waals surface area contributed by atoms with Crippen LogP contribution in [0.25, 0.3) is 0 Å². The average molecular weight is 265 g/mol. The number of hydrogen-bond acceptors (Lipinski definition) is 3. The van der Waals surface area contributed by atoms with E-state index in [4.69, 9.17) is 9.84 Å². The molecule has 1 rings (SSSR count). The van der Waals surface area contributed by atoms with Gasteiger partial charge in [0.2, 0.25) is 0 Å². The summed E-state index contributed by atoms with van der Waals surface area (Å²) in [5.74, 6) is 0.472. The summed E-state index contributed by atoms with van der Waals surface area (Å²) in [5, 5.41) is 8.86. The highest BCUT2D eigenvalue weighted by atomic mass is 16.5. The number of carbonyl (C=O) groups is 1. The maximum Gasteiger partial charge on any atom is 0.317 e. The summed E-state index contributed by atoms with van der Waals surface area (Å²) in [5.41, 5.74) is 1.19. The first kappa shape index (κ1) is 15.5. The van der Waals surface area contributed by atoms with Gasteiger partial charge in [0.1, 0.15) is 12.4 Å².